The lowest BCUT2D eigenvalue weighted by molar-refractivity contribution is -0.384. The third-order valence-electron chi connectivity index (χ3n) is 2.23. The van der Waals surface area contributed by atoms with Crippen molar-refractivity contribution in [2.45, 2.75) is 11.9 Å². The smallest absolute Gasteiger partial charge is 0.269 e. The van der Waals surface area contributed by atoms with Gasteiger partial charge in [0.05, 0.1) is 11.3 Å². The molecule has 0 bridgehead atoms. The van der Waals surface area contributed by atoms with Gasteiger partial charge in [0.25, 0.3) is 5.69 Å². The molecule has 6 heteroatoms. The highest BCUT2D eigenvalue weighted by molar-refractivity contribution is 6.25. The predicted octanol–water partition coefficient (Wildman–Crippen LogP) is 2.46. The molecule has 15 heavy (non-hydrogen) atoms. The van der Waals surface area contributed by atoms with E-state index < -0.39 is 9.92 Å². The van der Waals surface area contributed by atoms with Gasteiger partial charge in [0, 0.05) is 23.4 Å². The number of hydrogen-bond donors (Lipinski definition) is 1. The Balaban J connectivity index is 2.57. The molecule has 1 aliphatic rings. The second-order valence-electron chi connectivity index (χ2n) is 3.34. The molecule has 0 amide bonds. The van der Waals surface area contributed by atoms with Crippen LogP contribution in [-0.4, -0.2) is 11.3 Å². The van der Waals surface area contributed by atoms with Gasteiger partial charge in [-0.1, -0.05) is 11.6 Å². The van der Waals surface area contributed by atoms with E-state index in [-0.39, 0.29) is 5.69 Å². The molecule has 78 valence electrons. The molecule has 0 aromatic heterocycles. The van der Waals surface area contributed by atoms with Crippen LogP contribution in [0.1, 0.15) is 12.5 Å². The first kappa shape index (κ1) is 9.92. The lowest BCUT2D eigenvalue weighted by Gasteiger charge is -2.24. The monoisotopic (exact) mass is 225 g/mol. The van der Waals surface area contributed by atoms with Gasteiger partial charge in [0.15, 0.2) is 5.00 Å². The number of hydrogen-bond acceptors (Lipinski definition) is 4. The van der Waals surface area contributed by atoms with E-state index in [9.17, 15) is 10.1 Å². The van der Waals surface area contributed by atoms with E-state index in [0.717, 1.165) is 5.69 Å². The van der Waals surface area contributed by atoms with Crippen molar-refractivity contribution in [2.75, 3.05) is 5.32 Å². The van der Waals surface area contributed by atoms with E-state index in [1.807, 2.05) is 0 Å². The van der Waals surface area contributed by atoms with E-state index in [4.69, 9.17) is 11.6 Å². The number of nitro groups is 1. The fourth-order valence-electron chi connectivity index (χ4n) is 1.44. The van der Waals surface area contributed by atoms with Crippen molar-refractivity contribution in [3.8, 4) is 0 Å². The third kappa shape index (κ3) is 1.66. The number of nitrogens with one attached hydrogen (secondary N) is 1. The van der Waals surface area contributed by atoms with Gasteiger partial charge >= 0.3 is 0 Å². The number of halogens is 1. The minimum Gasteiger partial charge on any atom is -0.346 e. The van der Waals surface area contributed by atoms with E-state index in [1.54, 1.807) is 13.0 Å². The molecule has 0 spiro atoms. The molecule has 1 N–H and O–H groups in total. The molecule has 0 aliphatic carbocycles. The molecule has 5 nitrogen and oxygen atoms in total. The quantitative estimate of drug-likeness (QED) is 0.346. The fourth-order valence-corrected chi connectivity index (χ4v) is 1.65. The zero-order valence-electron chi connectivity index (χ0n) is 7.90. The lowest BCUT2D eigenvalue weighted by atomic mass is 10.0. The Morgan fingerprint density at radius 2 is 2.33 bits per heavy atom. The van der Waals surface area contributed by atoms with Crippen molar-refractivity contribution in [3.05, 3.63) is 33.9 Å². The molecule has 1 heterocycles. The molecule has 1 aromatic rings. The number of rotatable bonds is 1. The number of benzene rings is 1. The first-order valence-electron chi connectivity index (χ1n) is 4.29. The molecule has 0 saturated carbocycles. The van der Waals surface area contributed by atoms with Crippen LogP contribution < -0.4 is 5.32 Å². The van der Waals surface area contributed by atoms with Gasteiger partial charge in [0.1, 0.15) is 0 Å². The van der Waals surface area contributed by atoms with Crippen LogP contribution >= 0.6 is 11.6 Å². The molecule has 2 rings (SSSR count). The second kappa shape index (κ2) is 3.20. The number of fused-ring (bicyclic) bond motifs is 1. The minimum atomic E-state index is -0.938. The standard InChI is InChI=1S/C9H8ClN3O2/c1-9(10)7-4-6(13(14)15)2-3-8(7)11-5-12-9/h2-5H,1H3,(H,11,12). The molecule has 1 aromatic carbocycles. The highest BCUT2D eigenvalue weighted by Gasteiger charge is 2.29. The summed E-state index contributed by atoms with van der Waals surface area (Å²) in [5.74, 6) is 0. The van der Waals surface area contributed by atoms with Crippen LogP contribution in [0.2, 0.25) is 0 Å². The second-order valence-corrected chi connectivity index (χ2v) is 4.08. The van der Waals surface area contributed by atoms with E-state index in [2.05, 4.69) is 10.3 Å². The van der Waals surface area contributed by atoms with Gasteiger partial charge in [-0.3, -0.25) is 10.1 Å². The van der Waals surface area contributed by atoms with Crippen LogP contribution in [0.15, 0.2) is 23.2 Å². The Morgan fingerprint density at radius 3 is 3.00 bits per heavy atom. The summed E-state index contributed by atoms with van der Waals surface area (Å²) in [7, 11) is 0. The molecular weight excluding hydrogens is 218 g/mol. The van der Waals surface area contributed by atoms with Crippen LogP contribution in [0.5, 0.6) is 0 Å². The van der Waals surface area contributed by atoms with Crippen molar-refractivity contribution in [1.82, 2.24) is 0 Å². The minimum absolute atomic E-state index is 0.0134. The van der Waals surface area contributed by atoms with Crippen LogP contribution in [0, 0.1) is 10.1 Å². The van der Waals surface area contributed by atoms with E-state index >= 15 is 0 Å². The maximum Gasteiger partial charge on any atom is 0.269 e. The normalized spacial score (nSPS) is 23.1. The molecule has 1 atom stereocenters. The zero-order valence-corrected chi connectivity index (χ0v) is 8.65. The van der Waals surface area contributed by atoms with Gasteiger partial charge < -0.3 is 5.32 Å². The SMILES string of the molecule is CC1(Cl)N=CNc2ccc([N+](=O)[O-])cc21. The Bertz CT molecular complexity index is 457. The molecular formula is C9H8ClN3O2. The number of alkyl halides is 1. The van der Waals surface area contributed by atoms with Gasteiger partial charge in [-0.05, 0) is 13.0 Å². The summed E-state index contributed by atoms with van der Waals surface area (Å²) in [6.45, 7) is 1.69. The van der Waals surface area contributed by atoms with Crippen molar-refractivity contribution >= 4 is 29.3 Å². The Kier molecular flexibility index (Phi) is 2.12. The first-order chi connectivity index (χ1) is 7.00. The van der Waals surface area contributed by atoms with Crippen molar-refractivity contribution in [1.29, 1.82) is 0 Å². The van der Waals surface area contributed by atoms with Crippen LogP contribution in [-0.2, 0) is 5.00 Å². The number of nitro benzene ring substituents is 1. The largest absolute Gasteiger partial charge is 0.346 e. The maximum atomic E-state index is 10.6. The number of nitrogens with zero attached hydrogens (tertiary/aromatic N) is 2. The molecule has 1 unspecified atom stereocenters. The van der Waals surface area contributed by atoms with E-state index in [1.165, 1.54) is 18.5 Å². The summed E-state index contributed by atoms with van der Waals surface area (Å²) < 4.78 is 0. The summed E-state index contributed by atoms with van der Waals surface area (Å²) in [5, 5.41) is 13.5. The highest BCUT2D eigenvalue weighted by atomic mass is 35.5. The zero-order chi connectivity index (χ0) is 11.1. The lowest BCUT2D eigenvalue weighted by Crippen LogP contribution is -2.20. The first-order valence-corrected chi connectivity index (χ1v) is 4.66. The fraction of sp³-hybridized carbons (Fsp3) is 0.222. The Morgan fingerprint density at radius 1 is 1.60 bits per heavy atom. The average molecular weight is 226 g/mol. The summed E-state index contributed by atoms with van der Waals surface area (Å²) >= 11 is 6.12. The van der Waals surface area contributed by atoms with Crippen LogP contribution in [0.4, 0.5) is 11.4 Å². The molecule has 0 fully saturated rings. The van der Waals surface area contributed by atoms with E-state index in [0.29, 0.717) is 5.56 Å². The topological polar surface area (TPSA) is 67.5 Å². The number of non-ortho nitro benzene ring substituents is 1. The van der Waals surface area contributed by atoms with Crippen molar-refractivity contribution in [2.24, 2.45) is 4.99 Å². The summed E-state index contributed by atoms with van der Waals surface area (Å²) in [6.07, 6.45) is 1.49. The van der Waals surface area contributed by atoms with Gasteiger partial charge in [-0.15, -0.1) is 0 Å². The van der Waals surface area contributed by atoms with Crippen LogP contribution in [0.25, 0.3) is 0 Å². The molecule has 1 aliphatic heterocycles. The van der Waals surface area contributed by atoms with Crippen molar-refractivity contribution < 1.29 is 4.92 Å². The Labute approximate surface area is 90.9 Å². The van der Waals surface area contributed by atoms with Gasteiger partial charge in [-0.2, -0.15) is 0 Å². The third-order valence-corrected chi connectivity index (χ3v) is 2.53. The summed E-state index contributed by atoms with van der Waals surface area (Å²) in [4.78, 5) is 13.2. The summed E-state index contributed by atoms with van der Waals surface area (Å²) in [6, 6.07) is 4.49. The van der Waals surface area contributed by atoms with Crippen LogP contribution in [0.3, 0.4) is 0 Å². The maximum absolute atomic E-state index is 10.6. The number of aliphatic imine (C=N–C) groups is 1. The predicted molar refractivity (Wildman–Crippen MR) is 58.4 cm³/mol. The average Bonchev–Trinajstić information content (AvgIpc) is 2.17. The van der Waals surface area contributed by atoms with Crippen molar-refractivity contribution in [3.63, 3.8) is 0 Å². The number of anilines is 1. The molecule has 0 saturated heterocycles. The van der Waals surface area contributed by atoms with Gasteiger partial charge in [-0.25, -0.2) is 4.99 Å². The highest BCUT2D eigenvalue weighted by Crippen LogP contribution is 2.38. The Hall–Kier alpha value is -1.62. The van der Waals surface area contributed by atoms with Gasteiger partial charge in [0.2, 0.25) is 0 Å². The molecule has 0 radical (unpaired) electrons. The summed E-state index contributed by atoms with van der Waals surface area (Å²) in [5.41, 5.74) is 1.37.